The summed E-state index contributed by atoms with van der Waals surface area (Å²) in [6.07, 6.45) is 7.81. The van der Waals surface area contributed by atoms with Crippen molar-refractivity contribution < 1.29 is 14.6 Å². The van der Waals surface area contributed by atoms with Crippen molar-refractivity contribution >= 4 is 5.91 Å². The van der Waals surface area contributed by atoms with Gasteiger partial charge in [-0.15, -0.1) is 0 Å². The number of amides is 1. The van der Waals surface area contributed by atoms with Gasteiger partial charge in [0.15, 0.2) is 0 Å². The molecular weight excluding hydrogens is 316 g/mol. The Balaban J connectivity index is 1.33. The molecular formula is C20H34N2O3. The van der Waals surface area contributed by atoms with Gasteiger partial charge in [-0.1, -0.05) is 13.3 Å². The molecule has 2 N–H and O–H groups in total. The van der Waals surface area contributed by atoms with Crippen LogP contribution < -0.4 is 5.32 Å². The minimum Gasteiger partial charge on any atom is -0.390 e. The van der Waals surface area contributed by atoms with Crippen LogP contribution in [0.2, 0.25) is 0 Å². The molecule has 1 aliphatic heterocycles. The summed E-state index contributed by atoms with van der Waals surface area (Å²) in [6, 6.07) is 0. The maximum Gasteiger partial charge on any atom is 0.226 e. The SMILES string of the molecule is CCC12CC3CC(O)(C1)CC(C(=O)NCCCN1CCOCC1)(C3)C2. The third-order valence-corrected chi connectivity index (χ3v) is 7.43. The molecule has 4 saturated carbocycles. The van der Waals surface area contributed by atoms with E-state index in [1.54, 1.807) is 0 Å². The first-order valence-corrected chi connectivity index (χ1v) is 10.3. The van der Waals surface area contributed by atoms with Gasteiger partial charge in [-0.05, 0) is 62.8 Å². The molecule has 0 radical (unpaired) electrons. The zero-order valence-electron chi connectivity index (χ0n) is 15.7. The van der Waals surface area contributed by atoms with Crippen LogP contribution in [0, 0.1) is 16.7 Å². The highest BCUT2D eigenvalue weighted by Gasteiger charge is 2.64. The Labute approximate surface area is 151 Å². The summed E-state index contributed by atoms with van der Waals surface area (Å²) >= 11 is 0. The van der Waals surface area contributed by atoms with Crippen molar-refractivity contribution in [3.8, 4) is 0 Å². The fraction of sp³-hybridized carbons (Fsp3) is 0.950. The number of aliphatic hydroxyl groups is 1. The fourth-order valence-electron chi connectivity index (χ4n) is 6.75. The first kappa shape index (κ1) is 17.7. The largest absolute Gasteiger partial charge is 0.390 e. The van der Waals surface area contributed by atoms with Crippen LogP contribution in [0.4, 0.5) is 0 Å². The molecule has 142 valence electrons. The van der Waals surface area contributed by atoms with E-state index in [1.165, 1.54) is 6.42 Å². The summed E-state index contributed by atoms with van der Waals surface area (Å²) in [4.78, 5) is 15.5. The normalized spacial score (nSPS) is 43.4. The number of hydrogen-bond donors (Lipinski definition) is 2. The predicted octanol–water partition coefficient (Wildman–Crippen LogP) is 1.94. The summed E-state index contributed by atoms with van der Waals surface area (Å²) in [5.41, 5.74) is -0.678. The van der Waals surface area contributed by atoms with Gasteiger partial charge in [0, 0.05) is 19.6 Å². The second-order valence-electron chi connectivity index (χ2n) is 9.43. The molecule has 4 atom stereocenters. The van der Waals surface area contributed by atoms with Crippen molar-refractivity contribution in [3.05, 3.63) is 0 Å². The van der Waals surface area contributed by atoms with E-state index in [2.05, 4.69) is 17.1 Å². The van der Waals surface area contributed by atoms with E-state index >= 15 is 0 Å². The van der Waals surface area contributed by atoms with Crippen LogP contribution in [0.3, 0.4) is 0 Å². The van der Waals surface area contributed by atoms with Gasteiger partial charge in [0.05, 0.1) is 24.2 Å². The molecule has 5 fully saturated rings. The van der Waals surface area contributed by atoms with Crippen LogP contribution in [-0.4, -0.2) is 60.9 Å². The Morgan fingerprint density at radius 2 is 2.00 bits per heavy atom. The zero-order chi connectivity index (χ0) is 17.5. The molecule has 5 aliphatic rings. The molecule has 0 aromatic rings. The molecule has 25 heavy (non-hydrogen) atoms. The molecule has 1 heterocycles. The lowest BCUT2D eigenvalue weighted by Gasteiger charge is -2.64. The van der Waals surface area contributed by atoms with Crippen LogP contribution in [-0.2, 0) is 9.53 Å². The topological polar surface area (TPSA) is 61.8 Å². The highest BCUT2D eigenvalue weighted by Crippen LogP contribution is 2.67. The molecule has 5 nitrogen and oxygen atoms in total. The number of carbonyl (C=O) groups excluding carboxylic acids is 1. The van der Waals surface area contributed by atoms with Crippen molar-refractivity contribution in [2.45, 2.75) is 63.9 Å². The first-order valence-electron chi connectivity index (χ1n) is 10.3. The summed E-state index contributed by atoms with van der Waals surface area (Å²) in [6.45, 7) is 7.69. The first-order chi connectivity index (χ1) is 12.0. The number of rotatable bonds is 6. The van der Waals surface area contributed by atoms with Crippen molar-refractivity contribution in [2.75, 3.05) is 39.4 Å². The van der Waals surface area contributed by atoms with Gasteiger partial charge in [0.25, 0.3) is 0 Å². The van der Waals surface area contributed by atoms with E-state index in [-0.39, 0.29) is 16.7 Å². The summed E-state index contributed by atoms with van der Waals surface area (Å²) < 4.78 is 5.38. The average molecular weight is 351 g/mol. The Morgan fingerprint density at radius 3 is 2.72 bits per heavy atom. The van der Waals surface area contributed by atoms with Crippen molar-refractivity contribution in [3.63, 3.8) is 0 Å². The van der Waals surface area contributed by atoms with E-state index in [0.29, 0.717) is 12.3 Å². The highest BCUT2D eigenvalue weighted by molar-refractivity contribution is 5.83. The molecule has 0 aromatic heterocycles. The van der Waals surface area contributed by atoms with Gasteiger partial charge in [-0.25, -0.2) is 0 Å². The van der Waals surface area contributed by atoms with Gasteiger partial charge in [0.2, 0.25) is 5.91 Å². The van der Waals surface area contributed by atoms with E-state index in [1.807, 2.05) is 0 Å². The molecule has 4 bridgehead atoms. The van der Waals surface area contributed by atoms with Gasteiger partial charge >= 0.3 is 0 Å². The molecule has 4 aliphatic carbocycles. The van der Waals surface area contributed by atoms with Gasteiger partial charge < -0.3 is 15.2 Å². The summed E-state index contributed by atoms with van der Waals surface area (Å²) in [5.74, 6) is 0.759. The molecule has 4 unspecified atom stereocenters. The third-order valence-electron chi connectivity index (χ3n) is 7.43. The lowest BCUT2D eigenvalue weighted by molar-refractivity contribution is -0.204. The minimum absolute atomic E-state index is 0.208. The number of hydrogen-bond acceptors (Lipinski definition) is 4. The molecule has 5 heteroatoms. The second kappa shape index (κ2) is 6.50. The van der Waals surface area contributed by atoms with E-state index in [9.17, 15) is 9.90 Å². The lowest BCUT2D eigenvalue weighted by atomic mass is 9.42. The quantitative estimate of drug-likeness (QED) is 0.719. The lowest BCUT2D eigenvalue weighted by Crippen LogP contribution is -2.63. The van der Waals surface area contributed by atoms with Gasteiger partial charge in [-0.2, -0.15) is 0 Å². The average Bonchev–Trinajstić information content (AvgIpc) is 2.57. The van der Waals surface area contributed by atoms with Crippen LogP contribution in [0.1, 0.15) is 58.3 Å². The van der Waals surface area contributed by atoms with E-state index in [0.717, 1.165) is 77.9 Å². The maximum absolute atomic E-state index is 13.1. The summed E-state index contributed by atoms with van der Waals surface area (Å²) in [5, 5.41) is 14.3. The van der Waals surface area contributed by atoms with Gasteiger partial charge in [-0.3, -0.25) is 9.69 Å². The van der Waals surface area contributed by atoms with Gasteiger partial charge in [0.1, 0.15) is 0 Å². The molecule has 0 aromatic carbocycles. The van der Waals surface area contributed by atoms with Crippen LogP contribution in [0.25, 0.3) is 0 Å². The Morgan fingerprint density at radius 1 is 1.20 bits per heavy atom. The Bertz CT molecular complexity index is 521. The number of ether oxygens (including phenoxy) is 1. The summed E-state index contributed by atoms with van der Waals surface area (Å²) in [7, 11) is 0. The number of nitrogens with zero attached hydrogens (tertiary/aromatic N) is 1. The van der Waals surface area contributed by atoms with Crippen LogP contribution in [0.5, 0.6) is 0 Å². The maximum atomic E-state index is 13.1. The van der Waals surface area contributed by atoms with E-state index in [4.69, 9.17) is 4.74 Å². The molecule has 1 saturated heterocycles. The number of morpholine rings is 1. The number of carbonyl (C=O) groups is 1. The number of nitrogens with one attached hydrogen (secondary N) is 1. The standard InChI is InChI=1S/C20H34N2O3/c1-2-18-10-16-11-19(13-18,15-20(24,12-16)14-18)17(23)21-4-3-5-22-6-8-25-9-7-22/h16,24H,2-15H2,1H3,(H,21,23). The molecule has 5 rings (SSSR count). The Kier molecular flexibility index (Phi) is 4.62. The fourth-order valence-corrected chi connectivity index (χ4v) is 6.75. The van der Waals surface area contributed by atoms with E-state index < -0.39 is 5.60 Å². The van der Waals surface area contributed by atoms with Crippen molar-refractivity contribution in [1.29, 1.82) is 0 Å². The minimum atomic E-state index is -0.583. The van der Waals surface area contributed by atoms with Crippen LogP contribution >= 0.6 is 0 Å². The predicted molar refractivity (Wildman–Crippen MR) is 96.2 cm³/mol. The highest BCUT2D eigenvalue weighted by atomic mass is 16.5. The monoisotopic (exact) mass is 350 g/mol. The van der Waals surface area contributed by atoms with Crippen LogP contribution in [0.15, 0.2) is 0 Å². The smallest absolute Gasteiger partial charge is 0.226 e. The van der Waals surface area contributed by atoms with Crippen molar-refractivity contribution in [2.24, 2.45) is 16.7 Å². The zero-order valence-corrected chi connectivity index (χ0v) is 15.7. The second-order valence-corrected chi connectivity index (χ2v) is 9.43. The molecule has 1 amide bonds. The Hall–Kier alpha value is -0.650. The van der Waals surface area contributed by atoms with Crippen molar-refractivity contribution in [1.82, 2.24) is 10.2 Å². The third kappa shape index (κ3) is 3.35. The molecule has 0 spiro atoms.